The van der Waals surface area contributed by atoms with Crippen molar-refractivity contribution >= 4 is 17.7 Å². The lowest BCUT2D eigenvalue weighted by Crippen LogP contribution is -2.19. The molecule has 6 nitrogen and oxygen atoms in total. The van der Waals surface area contributed by atoms with Gasteiger partial charge in [0, 0.05) is 0 Å². The van der Waals surface area contributed by atoms with Crippen LogP contribution in [0, 0.1) is 0 Å². The van der Waals surface area contributed by atoms with Gasteiger partial charge < -0.3 is 14.2 Å². The van der Waals surface area contributed by atoms with Gasteiger partial charge in [-0.25, -0.2) is 9.59 Å². The fraction of sp³-hybridized carbons (Fsp3) is 0.333. The van der Waals surface area contributed by atoms with Gasteiger partial charge in [0.1, 0.15) is 19.0 Å². The normalized spacial score (nSPS) is 11.4. The zero-order valence-corrected chi connectivity index (χ0v) is 15.9. The molecule has 1 atom stereocenters. The van der Waals surface area contributed by atoms with Gasteiger partial charge >= 0.3 is 12.1 Å². The molecule has 144 valence electrons. The molecule has 6 heteroatoms. The first-order valence-corrected chi connectivity index (χ1v) is 8.89. The van der Waals surface area contributed by atoms with E-state index in [1.165, 1.54) is 7.11 Å². The highest BCUT2D eigenvalue weighted by Crippen LogP contribution is 2.28. The average molecular weight is 371 g/mol. The van der Waals surface area contributed by atoms with Gasteiger partial charge in [0.2, 0.25) is 0 Å². The first-order valence-electron chi connectivity index (χ1n) is 8.89. The van der Waals surface area contributed by atoms with E-state index in [0.717, 1.165) is 17.7 Å². The molecule has 0 saturated carbocycles. The SMILES string of the molecule is CCC(C)c1ccccc1OCCOC(=O)Nc1ccccc1C(=O)OC. The lowest BCUT2D eigenvalue weighted by atomic mass is 9.98. The molecule has 0 aromatic heterocycles. The van der Waals surface area contributed by atoms with E-state index in [9.17, 15) is 9.59 Å². The number of carbonyl (C=O) groups excluding carboxylic acids is 2. The van der Waals surface area contributed by atoms with E-state index < -0.39 is 12.1 Å². The Morgan fingerprint density at radius 2 is 1.74 bits per heavy atom. The summed E-state index contributed by atoms with van der Waals surface area (Å²) in [5, 5.41) is 2.55. The van der Waals surface area contributed by atoms with E-state index in [2.05, 4.69) is 19.2 Å². The van der Waals surface area contributed by atoms with Crippen molar-refractivity contribution in [1.82, 2.24) is 0 Å². The van der Waals surface area contributed by atoms with Gasteiger partial charge in [-0.3, -0.25) is 5.32 Å². The number of esters is 1. The first-order chi connectivity index (χ1) is 13.1. The van der Waals surface area contributed by atoms with E-state index >= 15 is 0 Å². The largest absolute Gasteiger partial charge is 0.490 e. The second-order valence-electron chi connectivity index (χ2n) is 5.99. The molecular formula is C21H25NO5. The molecule has 0 radical (unpaired) electrons. The number of benzene rings is 2. The van der Waals surface area contributed by atoms with E-state index in [1.54, 1.807) is 24.3 Å². The van der Waals surface area contributed by atoms with E-state index in [-0.39, 0.29) is 18.8 Å². The summed E-state index contributed by atoms with van der Waals surface area (Å²) < 4.78 is 15.6. The maximum atomic E-state index is 12.0. The highest BCUT2D eigenvalue weighted by Gasteiger charge is 2.14. The zero-order chi connectivity index (χ0) is 19.6. The highest BCUT2D eigenvalue weighted by atomic mass is 16.6. The Balaban J connectivity index is 1.85. The lowest BCUT2D eigenvalue weighted by Gasteiger charge is -2.16. The minimum absolute atomic E-state index is 0.0844. The smallest absolute Gasteiger partial charge is 0.411 e. The van der Waals surface area contributed by atoms with Crippen LogP contribution in [0.1, 0.15) is 42.1 Å². The minimum Gasteiger partial charge on any atom is -0.490 e. The van der Waals surface area contributed by atoms with Gasteiger partial charge in [0.05, 0.1) is 18.4 Å². The van der Waals surface area contributed by atoms with Gasteiger partial charge in [-0.05, 0) is 36.1 Å². The van der Waals surface area contributed by atoms with Crippen molar-refractivity contribution in [2.45, 2.75) is 26.2 Å². The Labute approximate surface area is 159 Å². The zero-order valence-electron chi connectivity index (χ0n) is 15.9. The number of amides is 1. The fourth-order valence-corrected chi connectivity index (χ4v) is 2.55. The van der Waals surface area contributed by atoms with Crippen molar-refractivity contribution in [1.29, 1.82) is 0 Å². The van der Waals surface area contributed by atoms with Crippen molar-refractivity contribution in [2.24, 2.45) is 0 Å². The Morgan fingerprint density at radius 1 is 1.04 bits per heavy atom. The molecule has 0 fully saturated rings. The predicted molar refractivity (Wildman–Crippen MR) is 103 cm³/mol. The van der Waals surface area contributed by atoms with Gasteiger partial charge in [-0.15, -0.1) is 0 Å². The second-order valence-corrected chi connectivity index (χ2v) is 5.99. The third kappa shape index (κ3) is 5.74. The molecular weight excluding hydrogens is 346 g/mol. The van der Waals surface area contributed by atoms with Crippen LogP contribution in [0.5, 0.6) is 5.75 Å². The van der Waals surface area contributed by atoms with Gasteiger partial charge in [-0.2, -0.15) is 0 Å². The van der Waals surface area contributed by atoms with Crippen LogP contribution >= 0.6 is 0 Å². The standard InChI is InChI=1S/C21H25NO5/c1-4-15(2)16-9-6-8-12-19(16)26-13-14-27-21(24)22-18-11-7-5-10-17(18)20(23)25-3/h5-12,15H,4,13-14H2,1-3H3,(H,22,24). The van der Waals surface area contributed by atoms with Gasteiger partial charge in [-0.1, -0.05) is 44.2 Å². The molecule has 0 spiro atoms. The molecule has 0 bridgehead atoms. The molecule has 0 aliphatic heterocycles. The van der Waals surface area contributed by atoms with Crippen molar-refractivity contribution in [2.75, 3.05) is 25.6 Å². The molecule has 0 saturated heterocycles. The predicted octanol–water partition coefficient (Wildman–Crippen LogP) is 4.61. The van der Waals surface area contributed by atoms with Crippen LogP contribution < -0.4 is 10.1 Å². The summed E-state index contributed by atoms with van der Waals surface area (Å²) in [6.07, 6.45) is 0.351. The molecule has 1 amide bonds. The summed E-state index contributed by atoms with van der Waals surface area (Å²) in [5.41, 5.74) is 1.73. The molecule has 1 N–H and O–H groups in total. The van der Waals surface area contributed by atoms with Crippen LogP contribution in [0.2, 0.25) is 0 Å². The monoisotopic (exact) mass is 371 g/mol. The summed E-state index contributed by atoms with van der Waals surface area (Å²) in [6, 6.07) is 14.4. The molecule has 2 rings (SSSR count). The molecule has 0 aliphatic rings. The van der Waals surface area contributed by atoms with Crippen LogP contribution in [0.15, 0.2) is 48.5 Å². The number of para-hydroxylation sites is 2. The molecule has 0 aliphatic carbocycles. The lowest BCUT2D eigenvalue weighted by molar-refractivity contribution is 0.0602. The summed E-state index contributed by atoms with van der Waals surface area (Å²) in [5.74, 6) is 0.656. The summed E-state index contributed by atoms with van der Waals surface area (Å²) >= 11 is 0. The Kier molecular flexibility index (Phi) is 7.67. The minimum atomic E-state index is -0.662. The molecule has 0 heterocycles. The van der Waals surface area contributed by atoms with Crippen molar-refractivity contribution in [3.63, 3.8) is 0 Å². The van der Waals surface area contributed by atoms with Crippen LogP contribution in [0.3, 0.4) is 0 Å². The topological polar surface area (TPSA) is 73.9 Å². The molecule has 2 aromatic carbocycles. The average Bonchev–Trinajstić information content (AvgIpc) is 2.70. The Hall–Kier alpha value is -3.02. The van der Waals surface area contributed by atoms with E-state index in [0.29, 0.717) is 11.6 Å². The molecule has 1 unspecified atom stereocenters. The number of ether oxygens (including phenoxy) is 3. The van der Waals surface area contributed by atoms with E-state index in [1.807, 2.05) is 24.3 Å². The number of rotatable bonds is 8. The summed E-state index contributed by atoms with van der Waals surface area (Å²) in [4.78, 5) is 23.7. The van der Waals surface area contributed by atoms with Crippen molar-refractivity contribution < 1.29 is 23.8 Å². The van der Waals surface area contributed by atoms with Gasteiger partial charge in [0.25, 0.3) is 0 Å². The maximum absolute atomic E-state index is 12.0. The number of hydrogen-bond donors (Lipinski definition) is 1. The summed E-state index contributed by atoms with van der Waals surface area (Å²) in [7, 11) is 1.28. The maximum Gasteiger partial charge on any atom is 0.411 e. The van der Waals surface area contributed by atoms with Crippen molar-refractivity contribution in [3.8, 4) is 5.75 Å². The van der Waals surface area contributed by atoms with E-state index in [4.69, 9.17) is 14.2 Å². The highest BCUT2D eigenvalue weighted by molar-refractivity contribution is 5.99. The third-order valence-electron chi connectivity index (χ3n) is 4.21. The number of carbonyl (C=O) groups is 2. The molecule has 27 heavy (non-hydrogen) atoms. The van der Waals surface area contributed by atoms with Crippen LogP contribution in [-0.2, 0) is 9.47 Å². The van der Waals surface area contributed by atoms with Crippen molar-refractivity contribution in [3.05, 3.63) is 59.7 Å². The van der Waals surface area contributed by atoms with Gasteiger partial charge in [0.15, 0.2) is 0 Å². The number of methoxy groups -OCH3 is 1. The van der Waals surface area contributed by atoms with Crippen LogP contribution in [0.25, 0.3) is 0 Å². The molecule has 2 aromatic rings. The Morgan fingerprint density at radius 3 is 2.48 bits per heavy atom. The summed E-state index contributed by atoms with van der Waals surface area (Å²) in [6.45, 7) is 4.59. The quantitative estimate of drug-likeness (QED) is 0.542. The third-order valence-corrected chi connectivity index (χ3v) is 4.21. The number of anilines is 1. The fourth-order valence-electron chi connectivity index (χ4n) is 2.55. The number of hydrogen-bond acceptors (Lipinski definition) is 5. The van der Waals surface area contributed by atoms with Crippen LogP contribution in [0.4, 0.5) is 10.5 Å². The number of nitrogens with one attached hydrogen (secondary N) is 1. The van der Waals surface area contributed by atoms with Crippen LogP contribution in [-0.4, -0.2) is 32.4 Å². The first kappa shape index (κ1) is 20.3. The second kappa shape index (κ2) is 10.2. The Bertz CT molecular complexity index is 775.